The van der Waals surface area contributed by atoms with Gasteiger partial charge in [-0.05, 0) is 25.5 Å². The zero-order valence-electron chi connectivity index (χ0n) is 11.1. The minimum Gasteiger partial charge on any atom is -0.469 e. The standard InChI is InChI=1S/C14H19ClN2O2/c1-19-13(18)9-12-6-2-3-8-17(12)10-11-5-4-7-16-14(11)15/h4-5,7,12H,2-3,6,8-10H2,1H3. The number of rotatable bonds is 4. The Bertz CT molecular complexity index is 439. The highest BCUT2D eigenvalue weighted by molar-refractivity contribution is 6.30. The molecule has 4 nitrogen and oxygen atoms in total. The van der Waals surface area contributed by atoms with E-state index in [1.807, 2.05) is 12.1 Å². The number of halogens is 1. The molecule has 5 heteroatoms. The highest BCUT2D eigenvalue weighted by Gasteiger charge is 2.25. The van der Waals surface area contributed by atoms with Crippen LogP contribution in [0.15, 0.2) is 18.3 Å². The molecule has 2 heterocycles. The maximum Gasteiger partial charge on any atom is 0.307 e. The summed E-state index contributed by atoms with van der Waals surface area (Å²) in [5.74, 6) is -0.144. The van der Waals surface area contributed by atoms with Gasteiger partial charge in [-0.3, -0.25) is 9.69 Å². The van der Waals surface area contributed by atoms with Gasteiger partial charge in [-0.25, -0.2) is 4.98 Å². The van der Waals surface area contributed by atoms with E-state index < -0.39 is 0 Å². The van der Waals surface area contributed by atoms with Crippen LogP contribution in [0, 0.1) is 0 Å². The van der Waals surface area contributed by atoms with Crippen LogP contribution in [0.3, 0.4) is 0 Å². The molecule has 0 saturated carbocycles. The Morgan fingerprint density at radius 3 is 3.16 bits per heavy atom. The van der Waals surface area contributed by atoms with Crippen molar-refractivity contribution in [2.45, 2.75) is 38.3 Å². The van der Waals surface area contributed by atoms with Gasteiger partial charge in [0.1, 0.15) is 5.15 Å². The molecule has 0 spiro atoms. The fourth-order valence-electron chi connectivity index (χ4n) is 2.53. The SMILES string of the molecule is COC(=O)CC1CCCCN1Cc1cccnc1Cl. The van der Waals surface area contributed by atoms with Crippen molar-refractivity contribution in [1.82, 2.24) is 9.88 Å². The zero-order valence-corrected chi connectivity index (χ0v) is 11.9. The number of hydrogen-bond donors (Lipinski definition) is 0. The fourth-order valence-corrected chi connectivity index (χ4v) is 2.71. The van der Waals surface area contributed by atoms with Crippen LogP contribution in [-0.4, -0.2) is 35.5 Å². The Balaban J connectivity index is 2.03. The van der Waals surface area contributed by atoms with Crippen LogP contribution in [0.1, 0.15) is 31.2 Å². The molecule has 0 aliphatic carbocycles. The van der Waals surface area contributed by atoms with Gasteiger partial charge in [-0.2, -0.15) is 0 Å². The van der Waals surface area contributed by atoms with Gasteiger partial charge in [0, 0.05) is 24.3 Å². The predicted octanol–water partition coefficient (Wildman–Crippen LogP) is 2.65. The Labute approximate surface area is 118 Å². The predicted molar refractivity (Wildman–Crippen MR) is 73.9 cm³/mol. The minimum absolute atomic E-state index is 0.144. The first-order valence-corrected chi connectivity index (χ1v) is 6.98. The maximum atomic E-state index is 11.5. The second-order valence-corrected chi connectivity index (χ2v) is 5.21. The van der Waals surface area contributed by atoms with Gasteiger partial charge in [0.05, 0.1) is 13.5 Å². The van der Waals surface area contributed by atoms with Gasteiger partial charge in [0.2, 0.25) is 0 Å². The molecule has 1 saturated heterocycles. The number of aromatic nitrogens is 1. The van der Waals surface area contributed by atoms with E-state index in [2.05, 4.69) is 9.88 Å². The van der Waals surface area contributed by atoms with Crippen molar-refractivity contribution < 1.29 is 9.53 Å². The largest absolute Gasteiger partial charge is 0.469 e. The monoisotopic (exact) mass is 282 g/mol. The van der Waals surface area contributed by atoms with Crippen molar-refractivity contribution in [2.75, 3.05) is 13.7 Å². The number of piperidine rings is 1. The number of likely N-dealkylation sites (tertiary alicyclic amines) is 1. The molecule has 0 amide bonds. The van der Waals surface area contributed by atoms with E-state index in [0.717, 1.165) is 31.5 Å². The summed E-state index contributed by atoms with van der Waals surface area (Å²) < 4.78 is 4.77. The molecule has 1 aliphatic rings. The van der Waals surface area contributed by atoms with E-state index in [1.54, 1.807) is 6.20 Å². The van der Waals surface area contributed by atoms with E-state index in [4.69, 9.17) is 16.3 Å². The fraction of sp³-hybridized carbons (Fsp3) is 0.571. The molecular formula is C14H19ClN2O2. The molecule has 0 radical (unpaired) electrons. The maximum absolute atomic E-state index is 11.5. The van der Waals surface area contributed by atoms with E-state index in [1.165, 1.54) is 13.5 Å². The second-order valence-electron chi connectivity index (χ2n) is 4.85. The smallest absolute Gasteiger partial charge is 0.307 e. The highest BCUT2D eigenvalue weighted by atomic mass is 35.5. The first kappa shape index (κ1) is 14.3. The van der Waals surface area contributed by atoms with Crippen molar-refractivity contribution >= 4 is 17.6 Å². The van der Waals surface area contributed by atoms with Crippen molar-refractivity contribution in [2.24, 2.45) is 0 Å². The molecule has 1 fully saturated rings. The van der Waals surface area contributed by atoms with Gasteiger partial charge in [-0.15, -0.1) is 0 Å². The van der Waals surface area contributed by atoms with Crippen LogP contribution < -0.4 is 0 Å². The Morgan fingerprint density at radius 2 is 2.42 bits per heavy atom. The second kappa shape index (κ2) is 6.87. The van der Waals surface area contributed by atoms with E-state index >= 15 is 0 Å². The van der Waals surface area contributed by atoms with Gasteiger partial charge < -0.3 is 4.74 Å². The molecule has 2 rings (SSSR count). The highest BCUT2D eigenvalue weighted by Crippen LogP contribution is 2.24. The Kier molecular flexibility index (Phi) is 5.16. The van der Waals surface area contributed by atoms with E-state index in [9.17, 15) is 4.79 Å². The van der Waals surface area contributed by atoms with Crippen LogP contribution in [0.5, 0.6) is 0 Å². The third-order valence-corrected chi connectivity index (χ3v) is 3.93. The van der Waals surface area contributed by atoms with Gasteiger partial charge in [0.25, 0.3) is 0 Å². The summed E-state index contributed by atoms with van der Waals surface area (Å²) in [6.07, 6.45) is 5.50. The van der Waals surface area contributed by atoms with Gasteiger partial charge >= 0.3 is 5.97 Å². The number of esters is 1. The van der Waals surface area contributed by atoms with Crippen LogP contribution in [0.4, 0.5) is 0 Å². The minimum atomic E-state index is -0.144. The first-order chi connectivity index (χ1) is 9.20. The van der Waals surface area contributed by atoms with Gasteiger partial charge in [-0.1, -0.05) is 24.1 Å². The Morgan fingerprint density at radius 1 is 1.58 bits per heavy atom. The van der Waals surface area contributed by atoms with Crippen LogP contribution >= 0.6 is 11.6 Å². The average molecular weight is 283 g/mol. The molecule has 104 valence electrons. The van der Waals surface area contributed by atoms with Crippen molar-refractivity contribution in [3.05, 3.63) is 29.0 Å². The summed E-state index contributed by atoms with van der Waals surface area (Å²) in [4.78, 5) is 17.9. The molecule has 1 atom stereocenters. The van der Waals surface area contributed by atoms with E-state index in [0.29, 0.717) is 11.6 Å². The van der Waals surface area contributed by atoms with Crippen LogP contribution in [0.25, 0.3) is 0 Å². The topological polar surface area (TPSA) is 42.4 Å². The third kappa shape index (κ3) is 3.91. The lowest BCUT2D eigenvalue weighted by Gasteiger charge is -2.35. The normalized spacial score (nSPS) is 20.2. The number of carbonyl (C=O) groups excluding carboxylic acids is 1. The number of carbonyl (C=O) groups is 1. The number of hydrogen-bond acceptors (Lipinski definition) is 4. The molecule has 1 aromatic rings. The summed E-state index contributed by atoms with van der Waals surface area (Å²) in [5, 5.41) is 0.546. The molecule has 0 N–H and O–H groups in total. The number of ether oxygens (including phenoxy) is 1. The lowest BCUT2D eigenvalue weighted by atomic mass is 9.99. The summed E-state index contributed by atoms with van der Waals surface area (Å²) >= 11 is 6.09. The molecule has 0 aromatic carbocycles. The zero-order chi connectivity index (χ0) is 13.7. The summed E-state index contributed by atoms with van der Waals surface area (Å²) in [6, 6.07) is 4.12. The van der Waals surface area contributed by atoms with Crippen molar-refractivity contribution in [3.63, 3.8) is 0 Å². The quantitative estimate of drug-likeness (QED) is 0.629. The lowest BCUT2D eigenvalue weighted by molar-refractivity contribution is -0.142. The van der Waals surface area contributed by atoms with E-state index in [-0.39, 0.29) is 12.0 Å². The molecule has 19 heavy (non-hydrogen) atoms. The summed E-state index contributed by atoms with van der Waals surface area (Å²) in [7, 11) is 1.44. The Hall–Kier alpha value is -1.13. The molecule has 1 aliphatic heterocycles. The summed E-state index contributed by atoms with van der Waals surface area (Å²) in [5.41, 5.74) is 1.01. The average Bonchev–Trinajstić information content (AvgIpc) is 2.43. The summed E-state index contributed by atoms with van der Waals surface area (Å²) in [6.45, 7) is 1.74. The lowest BCUT2D eigenvalue weighted by Crippen LogP contribution is -2.40. The van der Waals surface area contributed by atoms with Crippen LogP contribution in [-0.2, 0) is 16.1 Å². The molecule has 1 unspecified atom stereocenters. The van der Waals surface area contributed by atoms with Crippen molar-refractivity contribution in [1.29, 1.82) is 0 Å². The first-order valence-electron chi connectivity index (χ1n) is 6.61. The molecule has 0 bridgehead atoms. The molecular weight excluding hydrogens is 264 g/mol. The van der Waals surface area contributed by atoms with Gasteiger partial charge in [0.15, 0.2) is 0 Å². The number of methoxy groups -OCH3 is 1. The number of nitrogens with zero attached hydrogens (tertiary/aromatic N) is 2. The van der Waals surface area contributed by atoms with Crippen LogP contribution in [0.2, 0.25) is 5.15 Å². The number of pyridine rings is 1. The molecule has 1 aromatic heterocycles. The van der Waals surface area contributed by atoms with Crippen molar-refractivity contribution in [3.8, 4) is 0 Å². The third-order valence-electron chi connectivity index (χ3n) is 3.59.